The molecular weight excluding hydrogens is 320 g/mol. The fourth-order valence-corrected chi connectivity index (χ4v) is 2.08. The number of halogens is 1. The average molecular weight is 337 g/mol. The molecule has 1 heterocycles. The van der Waals surface area contributed by atoms with E-state index in [1.54, 1.807) is 12.3 Å². The van der Waals surface area contributed by atoms with Gasteiger partial charge in [-0.2, -0.15) is 0 Å². The van der Waals surface area contributed by atoms with Crippen molar-refractivity contribution < 1.29 is 9.21 Å². The maximum atomic E-state index is 11.8. The summed E-state index contributed by atoms with van der Waals surface area (Å²) in [6.07, 6.45) is 1.60. The van der Waals surface area contributed by atoms with Gasteiger partial charge < -0.3 is 15.1 Å². The second kappa shape index (κ2) is 6.61. The van der Waals surface area contributed by atoms with Crippen LogP contribution in [0, 0.1) is 6.92 Å². The number of aryl methyl sites for hydroxylation is 1. The third kappa shape index (κ3) is 3.87. The molecule has 1 unspecified atom stereocenters. The lowest BCUT2D eigenvalue weighted by atomic mass is 10.2. The lowest BCUT2D eigenvalue weighted by Crippen LogP contribution is -2.31. The minimum atomic E-state index is -0.133. The highest BCUT2D eigenvalue weighted by molar-refractivity contribution is 9.10. The maximum absolute atomic E-state index is 11.8. The Kier molecular flexibility index (Phi) is 4.84. The second-order valence-electron chi connectivity index (χ2n) is 4.62. The van der Waals surface area contributed by atoms with E-state index < -0.39 is 0 Å². The second-order valence-corrected chi connectivity index (χ2v) is 5.48. The predicted molar refractivity (Wildman–Crippen MR) is 82.6 cm³/mol. The molecule has 2 aromatic rings. The highest BCUT2D eigenvalue weighted by Gasteiger charge is 2.11. The first kappa shape index (κ1) is 14.7. The van der Waals surface area contributed by atoms with Gasteiger partial charge in [0.25, 0.3) is 0 Å². The van der Waals surface area contributed by atoms with Gasteiger partial charge in [-0.05, 0) is 49.7 Å². The van der Waals surface area contributed by atoms with Crippen LogP contribution in [0.5, 0.6) is 0 Å². The fourth-order valence-electron chi connectivity index (χ4n) is 1.84. The van der Waals surface area contributed by atoms with Crippen LogP contribution in [0.3, 0.4) is 0 Å². The van der Waals surface area contributed by atoms with Gasteiger partial charge in [0, 0.05) is 10.2 Å². The molecule has 0 radical (unpaired) electrons. The smallest absolute Gasteiger partial charge is 0.239 e. The molecule has 0 aliphatic rings. The largest absolute Gasteiger partial charge is 0.467 e. The number of rotatable bonds is 5. The number of benzene rings is 1. The van der Waals surface area contributed by atoms with Crippen LogP contribution in [0.15, 0.2) is 45.5 Å². The van der Waals surface area contributed by atoms with Crippen molar-refractivity contribution in [3.05, 3.63) is 52.4 Å². The van der Waals surface area contributed by atoms with Gasteiger partial charge in [0.2, 0.25) is 5.91 Å². The van der Waals surface area contributed by atoms with E-state index in [9.17, 15) is 4.79 Å². The third-order valence-corrected chi connectivity index (χ3v) is 3.85. The molecule has 0 saturated carbocycles. The van der Waals surface area contributed by atoms with Gasteiger partial charge in [-0.1, -0.05) is 15.9 Å². The van der Waals surface area contributed by atoms with Crippen molar-refractivity contribution in [2.45, 2.75) is 19.9 Å². The predicted octanol–water partition coefficient (Wildman–Crippen LogP) is 3.64. The Labute approximate surface area is 126 Å². The Bertz CT molecular complexity index is 582. The minimum absolute atomic E-state index is 0.0746. The summed E-state index contributed by atoms with van der Waals surface area (Å²) in [5, 5.41) is 5.97. The Morgan fingerprint density at radius 1 is 1.40 bits per heavy atom. The summed E-state index contributed by atoms with van der Waals surface area (Å²) in [5.74, 6) is 0.673. The van der Waals surface area contributed by atoms with Crippen molar-refractivity contribution in [2.75, 3.05) is 11.9 Å². The molecule has 2 rings (SSSR count). The number of carbonyl (C=O) groups excluding carboxylic acids is 1. The van der Waals surface area contributed by atoms with Gasteiger partial charge in [-0.3, -0.25) is 4.79 Å². The monoisotopic (exact) mass is 336 g/mol. The molecule has 2 N–H and O–H groups in total. The first-order chi connectivity index (χ1) is 9.56. The van der Waals surface area contributed by atoms with Crippen molar-refractivity contribution in [1.29, 1.82) is 0 Å². The standard InChI is InChI=1S/C15H17BrN2O2/c1-10-8-12(5-6-13(10)16)17-9-15(19)18-11(2)14-4-3-7-20-14/h3-8,11,17H,9H2,1-2H3,(H,18,19). The molecule has 0 aliphatic carbocycles. The van der Waals surface area contributed by atoms with E-state index in [2.05, 4.69) is 26.6 Å². The number of nitrogens with one attached hydrogen (secondary N) is 2. The van der Waals surface area contributed by atoms with Gasteiger partial charge in [-0.15, -0.1) is 0 Å². The summed E-state index contributed by atoms with van der Waals surface area (Å²) >= 11 is 3.45. The van der Waals surface area contributed by atoms with Crippen LogP contribution in [0.25, 0.3) is 0 Å². The highest BCUT2D eigenvalue weighted by atomic mass is 79.9. The molecular formula is C15H17BrN2O2. The number of hydrogen-bond acceptors (Lipinski definition) is 3. The Hall–Kier alpha value is -1.75. The molecule has 0 bridgehead atoms. The van der Waals surface area contributed by atoms with E-state index in [0.717, 1.165) is 21.5 Å². The van der Waals surface area contributed by atoms with Crippen molar-refractivity contribution in [2.24, 2.45) is 0 Å². The molecule has 1 aromatic carbocycles. The van der Waals surface area contributed by atoms with Crippen LogP contribution < -0.4 is 10.6 Å². The van der Waals surface area contributed by atoms with Crippen molar-refractivity contribution >= 4 is 27.5 Å². The normalized spacial score (nSPS) is 11.9. The number of carbonyl (C=O) groups is 1. The highest BCUT2D eigenvalue weighted by Crippen LogP contribution is 2.19. The van der Waals surface area contributed by atoms with E-state index in [0.29, 0.717) is 0 Å². The van der Waals surface area contributed by atoms with Crippen LogP contribution in [-0.4, -0.2) is 12.5 Å². The van der Waals surface area contributed by atoms with Gasteiger partial charge in [0.1, 0.15) is 5.76 Å². The molecule has 0 aliphatic heterocycles. The van der Waals surface area contributed by atoms with Crippen LogP contribution in [0.1, 0.15) is 24.3 Å². The first-order valence-corrected chi connectivity index (χ1v) is 7.18. The summed E-state index contributed by atoms with van der Waals surface area (Å²) in [6.45, 7) is 4.13. The van der Waals surface area contributed by atoms with E-state index in [-0.39, 0.29) is 18.5 Å². The summed E-state index contributed by atoms with van der Waals surface area (Å²) in [6, 6.07) is 9.40. The number of amides is 1. The Balaban J connectivity index is 1.84. The van der Waals surface area contributed by atoms with Crippen LogP contribution >= 0.6 is 15.9 Å². The quantitative estimate of drug-likeness (QED) is 0.876. The zero-order chi connectivity index (χ0) is 14.5. The lowest BCUT2D eigenvalue weighted by molar-refractivity contribution is -0.120. The van der Waals surface area contributed by atoms with Crippen LogP contribution in [0.2, 0.25) is 0 Å². The lowest BCUT2D eigenvalue weighted by Gasteiger charge is -2.13. The summed E-state index contributed by atoms with van der Waals surface area (Å²) in [4.78, 5) is 11.8. The van der Waals surface area contributed by atoms with Crippen molar-refractivity contribution in [3.63, 3.8) is 0 Å². The maximum Gasteiger partial charge on any atom is 0.239 e. The first-order valence-electron chi connectivity index (χ1n) is 6.39. The summed E-state index contributed by atoms with van der Waals surface area (Å²) < 4.78 is 6.30. The Morgan fingerprint density at radius 3 is 2.85 bits per heavy atom. The zero-order valence-electron chi connectivity index (χ0n) is 11.4. The van der Waals surface area contributed by atoms with E-state index >= 15 is 0 Å². The molecule has 5 heteroatoms. The van der Waals surface area contributed by atoms with Gasteiger partial charge in [0.05, 0.1) is 18.8 Å². The molecule has 4 nitrogen and oxygen atoms in total. The van der Waals surface area contributed by atoms with E-state index in [1.807, 2.05) is 38.1 Å². The molecule has 1 aromatic heterocycles. The number of hydrogen-bond donors (Lipinski definition) is 2. The van der Waals surface area contributed by atoms with Crippen molar-refractivity contribution in [3.8, 4) is 0 Å². The van der Waals surface area contributed by atoms with E-state index in [4.69, 9.17) is 4.42 Å². The molecule has 20 heavy (non-hydrogen) atoms. The van der Waals surface area contributed by atoms with Gasteiger partial charge in [0.15, 0.2) is 0 Å². The van der Waals surface area contributed by atoms with Crippen LogP contribution in [0.4, 0.5) is 5.69 Å². The number of furan rings is 1. The average Bonchev–Trinajstić information content (AvgIpc) is 2.94. The van der Waals surface area contributed by atoms with E-state index in [1.165, 1.54) is 0 Å². The SMILES string of the molecule is Cc1cc(NCC(=O)NC(C)c2ccco2)ccc1Br. The topological polar surface area (TPSA) is 54.3 Å². The molecule has 106 valence electrons. The minimum Gasteiger partial charge on any atom is -0.467 e. The molecule has 0 spiro atoms. The number of anilines is 1. The van der Waals surface area contributed by atoms with Gasteiger partial charge >= 0.3 is 0 Å². The fraction of sp³-hybridized carbons (Fsp3) is 0.267. The summed E-state index contributed by atoms with van der Waals surface area (Å²) in [7, 11) is 0. The van der Waals surface area contributed by atoms with Gasteiger partial charge in [-0.25, -0.2) is 0 Å². The molecule has 1 atom stereocenters. The molecule has 1 amide bonds. The van der Waals surface area contributed by atoms with Crippen LogP contribution in [-0.2, 0) is 4.79 Å². The zero-order valence-corrected chi connectivity index (χ0v) is 13.0. The molecule has 0 fully saturated rings. The van der Waals surface area contributed by atoms with Crippen molar-refractivity contribution in [1.82, 2.24) is 5.32 Å². The summed E-state index contributed by atoms with van der Waals surface area (Å²) in [5.41, 5.74) is 2.05. The molecule has 0 saturated heterocycles. The Morgan fingerprint density at radius 2 is 2.20 bits per heavy atom. The third-order valence-electron chi connectivity index (χ3n) is 2.96.